The zero-order chi connectivity index (χ0) is 50.6. The summed E-state index contributed by atoms with van der Waals surface area (Å²) in [6, 6.07) is -2.83. The van der Waals surface area contributed by atoms with E-state index in [1.54, 1.807) is 6.92 Å². The van der Waals surface area contributed by atoms with E-state index in [0.717, 1.165) is 47.6 Å². The summed E-state index contributed by atoms with van der Waals surface area (Å²) in [7, 11) is 5.87. The maximum absolute atomic E-state index is 13.0. The van der Waals surface area contributed by atoms with E-state index in [2.05, 4.69) is 41.0 Å². The van der Waals surface area contributed by atoms with Crippen molar-refractivity contribution >= 4 is 81.4 Å². The summed E-state index contributed by atoms with van der Waals surface area (Å²) in [5.41, 5.74) is -6.50. The maximum Gasteiger partial charge on any atom is 1.00 e. The number of carboxylic acids is 2. The van der Waals surface area contributed by atoms with Crippen LogP contribution in [0.25, 0.3) is 33.5 Å². The Balaban J connectivity index is 0.000000922. The van der Waals surface area contributed by atoms with Crippen LogP contribution in [0.15, 0.2) is 47.7 Å². The number of imidazole rings is 3. The van der Waals surface area contributed by atoms with Crippen molar-refractivity contribution in [2.75, 3.05) is 14.2 Å². The van der Waals surface area contributed by atoms with E-state index in [-0.39, 0.29) is 80.7 Å². The van der Waals surface area contributed by atoms with Crippen LogP contribution in [0.5, 0.6) is 0 Å². The van der Waals surface area contributed by atoms with Crippen LogP contribution in [-0.4, -0.2) is 105 Å². The van der Waals surface area contributed by atoms with Gasteiger partial charge in [-0.3, -0.25) is 33.1 Å². The van der Waals surface area contributed by atoms with Crippen LogP contribution in [0, 0.1) is 0 Å². The first-order valence-corrected chi connectivity index (χ1v) is 18.1. The SMILES string of the molecule is C.COC(=O)[C@H](C)n1cnc2[nH]c(=O)n(C)c(=O)c21.COC(=O)[C@H](C)n1cnc2c1c(=O)n(C)c(=O)n2C(F)F.C[C@@H](C(=O)O)n1cnc2c1c(=O)n(C)c(=O)n2C(F)F.Cl.O=C([O-])C(F)(F)Cl.[Na+]. The first-order valence-electron chi connectivity index (χ1n) is 17.7. The molecule has 376 valence electrons. The van der Waals surface area contributed by atoms with E-state index in [0.29, 0.717) is 9.13 Å². The number of aliphatic carboxylic acids is 2. The largest absolute Gasteiger partial charge is 1.00 e. The molecule has 0 bridgehead atoms. The van der Waals surface area contributed by atoms with Gasteiger partial charge < -0.3 is 38.2 Å². The molecule has 3 atom stereocenters. The standard InChI is InChI=1S/C11H12F2N4O4.C10H10F2N4O4.C10H12N4O4.C2HClF2O2.CH4.ClH.Na/c1-5(9(19)21-3)16-4-14-7-6(16)8(18)15(2)11(20)17(7)10(12)13;1-4(8(18)19)15-3-13-6-5(15)7(17)14(2)10(20)16(6)9(11)12;1-5(9(16)18-3)14-4-11-7-6(14)8(15)13(2)10(17)12-7;3-2(4,5)1(6)7;;;/h4-5,10H,1-3H3;3-4,9H,1-2H3,(H,18,19);4-5H,1-3H3,(H,12,17);(H,6,7);1H4;1H;/q;;;;;;+1/p-1/t5-;4-;5-;;;;/m000..../s1. The molecule has 0 aliphatic rings. The van der Waals surface area contributed by atoms with Gasteiger partial charge in [-0.15, -0.1) is 12.4 Å². The molecule has 0 unspecified atom stereocenters. The molecular formula is C34H39Cl2F6N12NaO14. The number of carbonyl (C=O) groups is 4. The number of methoxy groups -OCH3 is 2. The zero-order valence-corrected chi connectivity index (χ0v) is 39.9. The number of esters is 2. The third kappa shape index (κ3) is 12.8. The van der Waals surface area contributed by atoms with E-state index in [9.17, 15) is 69.5 Å². The number of halogens is 8. The zero-order valence-electron chi connectivity index (χ0n) is 36.3. The summed E-state index contributed by atoms with van der Waals surface area (Å²) >= 11 is 3.87. The van der Waals surface area contributed by atoms with Gasteiger partial charge in [-0.25, -0.2) is 52.9 Å². The van der Waals surface area contributed by atoms with Crippen LogP contribution in [0.1, 0.15) is 59.4 Å². The quantitative estimate of drug-likeness (QED) is 0.0622. The van der Waals surface area contributed by atoms with Gasteiger partial charge in [0.05, 0.1) is 33.2 Å². The summed E-state index contributed by atoms with van der Waals surface area (Å²) < 4.78 is 88.4. The molecule has 26 nitrogen and oxygen atoms in total. The number of alkyl halides is 7. The second-order valence-corrected chi connectivity index (χ2v) is 13.6. The number of H-pyrrole nitrogens is 1. The molecule has 0 saturated carbocycles. The average molecular weight is 1050 g/mol. The van der Waals surface area contributed by atoms with Gasteiger partial charge in [-0.2, -0.15) is 26.3 Å². The Morgan fingerprint density at radius 1 is 0.681 bits per heavy atom. The van der Waals surface area contributed by atoms with Crippen molar-refractivity contribution in [3.8, 4) is 0 Å². The molecule has 0 aliphatic carbocycles. The van der Waals surface area contributed by atoms with E-state index in [1.807, 2.05) is 0 Å². The van der Waals surface area contributed by atoms with Crippen LogP contribution in [0.3, 0.4) is 0 Å². The van der Waals surface area contributed by atoms with E-state index < -0.39 is 106 Å². The van der Waals surface area contributed by atoms with Crippen molar-refractivity contribution in [2.24, 2.45) is 21.1 Å². The fourth-order valence-electron chi connectivity index (χ4n) is 5.48. The predicted octanol–water partition coefficient (Wildman–Crippen LogP) is -3.25. The Kier molecular flexibility index (Phi) is 22.3. The van der Waals surface area contributed by atoms with E-state index >= 15 is 0 Å². The van der Waals surface area contributed by atoms with Crippen molar-refractivity contribution in [3.63, 3.8) is 0 Å². The van der Waals surface area contributed by atoms with Gasteiger partial charge in [0.1, 0.15) is 24.1 Å². The Bertz CT molecular complexity index is 3220. The number of nitrogens with one attached hydrogen (secondary N) is 1. The number of nitrogens with zero attached hydrogens (tertiary/aromatic N) is 11. The minimum Gasteiger partial charge on any atom is -0.543 e. The molecule has 6 aromatic rings. The molecule has 0 aliphatic heterocycles. The summed E-state index contributed by atoms with van der Waals surface area (Å²) in [6.45, 7) is -2.09. The minimum atomic E-state index is -4.22. The summed E-state index contributed by atoms with van der Waals surface area (Å²) in [5.74, 6) is -5.01. The number of ether oxygens (including phenoxy) is 2. The van der Waals surface area contributed by atoms with Crippen LogP contribution in [0.2, 0.25) is 0 Å². The number of hydrogen-bond donors (Lipinski definition) is 2. The average Bonchev–Trinajstić information content (AvgIpc) is 4.00. The van der Waals surface area contributed by atoms with Gasteiger partial charge in [0.15, 0.2) is 33.5 Å². The van der Waals surface area contributed by atoms with Gasteiger partial charge in [0.25, 0.3) is 16.7 Å². The van der Waals surface area contributed by atoms with Gasteiger partial charge in [-0.1, -0.05) is 7.43 Å². The Morgan fingerprint density at radius 2 is 1.00 bits per heavy atom. The van der Waals surface area contributed by atoms with Crippen molar-refractivity contribution in [1.82, 2.24) is 56.5 Å². The summed E-state index contributed by atoms with van der Waals surface area (Å²) in [5, 5.41) is 13.7. The molecule has 0 fully saturated rings. The van der Waals surface area contributed by atoms with E-state index in [1.165, 1.54) is 38.9 Å². The molecule has 0 saturated heterocycles. The predicted molar refractivity (Wildman–Crippen MR) is 222 cm³/mol. The molecule has 6 heterocycles. The van der Waals surface area contributed by atoms with Gasteiger partial charge in [0, 0.05) is 21.1 Å². The van der Waals surface area contributed by atoms with Crippen LogP contribution < -0.4 is 68.4 Å². The van der Waals surface area contributed by atoms with Crippen molar-refractivity contribution in [3.05, 3.63) is 81.5 Å². The van der Waals surface area contributed by atoms with Crippen molar-refractivity contribution < 1.29 is 94.8 Å². The number of aromatic nitrogens is 12. The first-order chi connectivity index (χ1) is 30.5. The smallest absolute Gasteiger partial charge is 0.543 e. The maximum atomic E-state index is 13.0. The van der Waals surface area contributed by atoms with Crippen LogP contribution in [0.4, 0.5) is 26.3 Å². The van der Waals surface area contributed by atoms with Crippen molar-refractivity contribution in [2.45, 2.75) is 64.8 Å². The third-order valence-corrected chi connectivity index (χ3v) is 9.31. The minimum absolute atomic E-state index is 0. The fraction of sp³-hybridized carbons (Fsp3) is 0.441. The molecule has 0 amide bonds. The molecule has 2 N–H and O–H groups in total. The molecule has 69 heavy (non-hydrogen) atoms. The number of rotatable bonds is 9. The molecule has 0 spiro atoms. The second-order valence-electron chi connectivity index (χ2n) is 13.1. The third-order valence-electron chi connectivity index (χ3n) is 9.15. The number of hydrogen-bond acceptors (Lipinski definition) is 16. The molecule has 0 radical (unpaired) electrons. The first kappa shape index (κ1) is 62.5. The van der Waals surface area contributed by atoms with Crippen LogP contribution in [-0.2, 0) is 49.8 Å². The van der Waals surface area contributed by atoms with Gasteiger partial charge in [-0.05, 0) is 32.4 Å². The second kappa shape index (κ2) is 24.7. The topological polar surface area (TPSA) is 326 Å². The Morgan fingerprint density at radius 3 is 1.32 bits per heavy atom. The van der Waals surface area contributed by atoms with Crippen molar-refractivity contribution in [1.29, 1.82) is 0 Å². The molecule has 35 heteroatoms. The fourth-order valence-corrected chi connectivity index (χ4v) is 5.48. The summed E-state index contributed by atoms with van der Waals surface area (Å²) in [4.78, 5) is 127. The summed E-state index contributed by atoms with van der Waals surface area (Å²) in [6.07, 6.45) is 3.32. The molecule has 0 aromatic carbocycles. The number of carbonyl (C=O) groups excluding carboxylic acids is 3. The molecular weight excluding hydrogens is 1010 g/mol. The number of fused-ring (bicyclic) bond motifs is 3. The Labute approximate surface area is 412 Å². The Hall–Kier alpha value is -6.51. The molecule has 6 rings (SSSR count). The number of aromatic amines is 1. The monoisotopic (exact) mass is 1050 g/mol. The normalized spacial score (nSPS) is 12.1. The van der Waals surface area contributed by atoms with Gasteiger partial charge >= 0.3 is 83.0 Å². The van der Waals surface area contributed by atoms with Gasteiger partial charge in [0.2, 0.25) is 0 Å². The van der Waals surface area contributed by atoms with Crippen LogP contribution >= 0.6 is 24.0 Å². The molecule has 6 aromatic heterocycles. The number of carboxylic acid groups (broad SMARTS) is 2. The van der Waals surface area contributed by atoms with E-state index in [4.69, 9.17) is 15.0 Å².